The van der Waals surface area contributed by atoms with Gasteiger partial charge in [0.1, 0.15) is 12.0 Å². The summed E-state index contributed by atoms with van der Waals surface area (Å²) in [7, 11) is 0. The van der Waals surface area contributed by atoms with E-state index in [0.717, 1.165) is 11.3 Å². The van der Waals surface area contributed by atoms with Gasteiger partial charge in [0.15, 0.2) is 0 Å². The predicted octanol–water partition coefficient (Wildman–Crippen LogP) is 0.665. The van der Waals surface area contributed by atoms with Crippen molar-refractivity contribution in [2.24, 2.45) is 0 Å². The summed E-state index contributed by atoms with van der Waals surface area (Å²) in [5, 5.41) is 8.71. The van der Waals surface area contributed by atoms with E-state index in [-0.39, 0.29) is 6.42 Å². The molecule has 72 valence electrons. The van der Waals surface area contributed by atoms with Crippen LogP contribution < -0.4 is 0 Å². The van der Waals surface area contributed by atoms with Crippen LogP contribution in [0.3, 0.4) is 0 Å². The highest BCUT2D eigenvalue weighted by Crippen LogP contribution is 2.11. The van der Waals surface area contributed by atoms with Crippen LogP contribution in [0.4, 0.5) is 0 Å². The van der Waals surface area contributed by atoms with Gasteiger partial charge < -0.3 is 5.11 Å². The van der Waals surface area contributed by atoms with Crippen molar-refractivity contribution in [1.29, 1.82) is 0 Å². The van der Waals surface area contributed by atoms with Crippen LogP contribution in [0.15, 0.2) is 18.6 Å². The summed E-state index contributed by atoms with van der Waals surface area (Å²) in [5.41, 5.74) is 2.15. The smallest absolute Gasteiger partial charge is 0.309 e. The third-order valence-corrected chi connectivity index (χ3v) is 2.05. The third-order valence-electron chi connectivity index (χ3n) is 2.05. The zero-order valence-electron chi connectivity index (χ0n) is 7.64. The minimum Gasteiger partial charge on any atom is -0.481 e. The van der Waals surface area contributed by atoms with Crippen molar-refractivity contribution >= 4 is 11.6 Å². The van der Waals surface area contributed by atoms with Gasteiger partial charge >= 0.3 is 5.97 Å². The normalized spacial score (nSPS) is 10.6. The molecule has 0 bridgehead atoms. The molecule has 1 N–H and O–H groups in total. The second-order valence-electron chi connectivity index (χ2n) is 3.02. The lowest BCUT2D eigenvalue weighted by molar-refractivity contribution is -0.136. The van der Waals surface area contributed by atoms with E-state index in [1.54, 1.807) is 29.9 Å². The van der Waals surface area contributed by atoms with Gasteiger partial charge in [-0.3, -0.25) is 9.20 Å². The maximum Gasteiger partial charge on any atom is 0.309 e. The van der Waals surface area contributed by atoms with E-state index in [0.29, 0.717) is 5.69 Å². The van der Waals surface area contributed by atoms with Gasteiger partial charge in [-0.05, 0) is 13.0 Å². The van der Waals surface area contributed by atoms with Crippen LogP contribution >= 0.6 is 0 Å². The number of hydrogen-bond acceptors (Lipinski definition) is 3. The van der Waals surface area contributed by atoms with Gasteiger partial charge in [0.05, 0.1) is 17.8 Å². The standard InChI is InChI=1S/C9H9N3O2/c1-6-7(4-9(13)14)12-5-10-3-2-8(12)11-6/h2-3,5H,4H2,1H3,(H,13,14). The fourth-order valence-corrected chi connectivity index (χ4v) is 1.42. The molecule has 0 amide bonds. The summed E-state index contributed by atoms with van der Waals surface area (Å²) < 4.78 is 1.70. The Bertz CT molecular complexity index is 490. The minimum absolute atomic E-state index is 0.0291. The van der Waals surface area contributed by atoms with E-state index in [4.69, 9.17) is 5.11 Å². The fraction of sp³-hybridized carbons (Fsp3) is 0.222. The Morgan fingerprint density at radius 2 is 2.43 bits per heavy atom. The van der Waals surface area contributed by atoms with Crippen molar-refractivity contribution in [2.75, 3.05) is 0 Å². The Kier molecular flexibility index (Phi) is 1.92. The second-order valence-corrected chi connectivity index (χ2v) is 3.02. The highest BCUT2D eigenvalue weighted by atomic mass is 16.4. The number of imidazole rings is 1. The molecular formula is C9H9N3O2. The van der Waals surface area contributed by atoms with Gasteiger partial charge in [-0.25, -0.2) is 9.97 Å². The van der Waals surface area contributed by atoms with Gasteiger partial charge in [0.2, 0.25) is 0 Å². The van der Waals surface area contributed by atoms with Crippen molar-refractivity contribution in [3.05, 3.63) is 30.0 Å². The molecule has 0 radical (unpaired) electrons. The van der Waals surface area contributed by atoms with E-state index in [1.165, 1.54) is 0 Å². The molecule has 2 aromatic heterocycles. The van der Waals surface area contributed by atoms with Crippen LogP contribution in [0.1, 0.15) is 11.4 Å². The lowest BCUT2D eigenvalue weighted by Gasteiger charge is -1.97. The summed E-state index contributed by atoms with van der Waals surface area (Å²) in [6, 6.07) is 1.75. The molecule has 0 aliphatic rings. The Hall–Kier alpha value is -1.91. The fourth-order valence-electron chi connectivity index (χ4n) is 1.42. The van der Waals surface area contributed by atoms with Gasteiger partial charge in [-0.2, -0.15) is 0 Å². The molecule has 2 rings (SSSR count). The molecule has 14 heavy (non-hydrogen) atoms. The summed E-state index contributed by atoms with van der Waals surface area (Å²) in [4.78, 5) is 18.8. The molecule has 0 aromatic carbocycles. The monoisotopic (exact) mass is 191 g/mol. The maximum atomic E-state index is 10.6. The highest BCUT2D eigenvalue weighted by Gasteiger charge is 2.11. The zero-order chi connectivity index (χ0) is 10.1. The molecule has 2 aromatic rings. The van der Waals surface area contributed by atoms with E-state index in [9.17, 15) is 4.79 Å². The second kappa shape index (κ2) is 3.10. The lowest BCUT2D eigenvalue weighted by Crippen LogP contribution is -2.04. The lowest BCUT2D eigenvalue weighted by atomic mass is 10.2. The Balaban J connectivity index is 2.62. The van der Waals surface area contributed by atoms with Crippen molar-refractivity contribution in [2.45, 2.75) is 13.3 Å². The van der Waals surface area contributed by atoms with Gasteiger partial charge in [-0.1, -0.05) is 0 Å². The number of aromatic nitrogens is 3. The Morgan fingerprint density at radius 1 is 1.64 bits per heavy atom. The van der Waals surface area contributed by atoms with E-state index in [1.807, 2.05) is 0 Å². The van der Waals surface area contributed by atoms with Gasteiger partial charge in [0.25, 0.3) is 0 Å². The maximum absolute atomic E-state index is 10.6. The summed E-state index contributed by atoms with van der Waals surface area (Å²) >= 11 is 0. The van der Waals surface area contributed by atoms with Crippen molar-refractivity contribution < 1.29 is 9.90 Å². The topological polar surface area (TPSA) is 67.5 Å². The largest absolute Gasteiger partial charge is 0.481 e. The van der Waals surface area contributed by atoms with Crippen molar-refractivity contribution in [3.8, 4) is 0 Å². The van der Waals surface area contributed by atoms with Gasteiger partial charge in [-0.15, -0.1) is 0 Å². The first-order chi connectivity index (χ1) is 6.68. The first-order valence-corrected chi connectivity index (χ1v) is 4.18. The van der Waals surface area contributed by atoms with E-state index in [2.05, 4.69) is 9.97 Å². The average molecular weight is 191 g/mol. The number of aliphatic carboxylic acids is 1. The molecule has 0 saturated heterocycles. The number of hydrogen-bond donors (Lipinski definition) is 1. The number of carboxylic acids is 1. The van der Waals surface area contributed by atoms with Crippen LogP contribution in [0.2, 0.25) is 0 Å². The van der Waals surface area contributed by atoms with Crippen molar-refractivity contribution in [3.63, 3.8) is 0 Å². The molecule has 0 unspecified atom stereocenters. The molecule has 0 saturated carbocycles. The Morgan fingerprint density at radius 3 is 3.14 bits per heavy atom. The van der Waals surface area contributed by atoms with Crippen LogP contribution in [-0.4, -0.2) is 25.4 Å². The van der Waals surface area contributed by atoms with Crippen molar-refractivity contribution in [1.82, 2.24) is 14.4 Å². The van der Waals surface area contributed by atoms with Gasteiger partial charge in [0, 0.05) is 6.20 Å². The summed E-state index contributed by atoms with van der Waals surface area (Å²) in [5.74, 6) is -0.862. The number of fused-ring (bicyclic) bond motifs is 1. The Labute approximate surface area is 80.0 Å². The van der Waals surface area contributed by atoms with Crippen LogP contribution in [0, 0.1) is 6.92 Å². The zero-order valence-corrected chi connectivity index (χ0v) is 7.64. The molecule has 5 nitrogen and oxygen atoms in total. The molecule has 0 aliphatic carbocycles. The molecule has 2 heterocycles. The molecular weight excluding hydrogens is 182 g/mol. The third kappa shape index (κ3) is 1.32. The number of carbonyl (C=O) groups is 1. The summed E-state index contributed by atoms with van der Waals surface area (Å²) in [6.45, 7) is 1.80. The van der Waals surface area contributed by atoms with E-state index < -0.39 is 5.97 Å². The number of carboxylic acid groups (broad SMARTS) is 1. The molecule has 0 fully saturated rings. The molecule has 5 heteroatoms. The average Bonchev–Trinajstić information content (AvgIpc) is 2.43. The van der Waals surface area contributed by atoms with Crippen LogP contribution in [0.5, 0.6) is 0 Å². The highest BCUT2D eigenvalue weighted by molar-refractivity contribution is 5.70. The predicted molar refractivity (Wildman–Crippen MR) is 49.1 cm³/mol. The molecule has 0 spiro atoms. The first-order valence-electron chi connectivity index (χ1n) is 4.18. The van der Waals surface area contributed by atoms with Crippen LogP contribution in [-0.2, 0) is 11.2 Å². The SMILES string of the molecule is Cc1nc2ccncn2c1CC(=O)O. The minimum atomic E-state index is -0.862. The molecule has 0 atom stereocenters. The summed E-state index contributed by atoms with van der Waals surface area (Å²) in [6.07, 6.45) is 3.18. The van der Waals surface area contributed by atoms with Crippen LogP contribution in [0.25, 0.3) is 5.65 Å². The quantitative estimate of drug-likeness (QED) is 0.757. The number of nitrogens with zero attached hydrogens (tertiary/aromatic N) is 3. The molecule has 0 aliphatic heterocycles. The first kappa shape index (κ1) is 8.68. The van der Waals surface area contributed by atoms with E-state index >= 15 is 0 Å². The number of rotatable bonds is 2. The number of aryl methyl sites for hydroxylation is 1.